The van der Waals surface area contributed by atoms with Crippen molar-refractivity contribution in [2.45, 2.75) is 32.3 Å². The summed E-state index contributed by atoms with van der Waals surface area (Å²) in [6.07, 6.45) is 0.209. The van der Waals surface area contributed by atoms with Crippen LogP contribution >= 0.6 is 0 Å². The number of carbonyl (C=O) groups excluding carboxylic acids is 1. The van der Waals surface area contributed by atoms with Crippen LogP contribution in [0.2, 0.25) is 0 Å². The monoisotopic (exact) mass is 327 g/mol. The van der Waals surface area contributed by atoms with Crippen LogP contribution < -0.4 is 10.5 Å². The van der Waals surface area contributed by atoms with Crippen LogP contribution in [0.1, 0.15) is 30.5 Å². The Kier molecular flexibility index (Phi) is 5.24. The van der Waals surface area contributed by atoms with E-state index in [-0.39, 0.29) is 12.3 Å². The van der Waals surface area contributed by atoms with Crippen LogP contribution in [0.5, 0.6) is 5.75 Å². The van der Waals surface area contributed by atoms with E-state index in [4.69, 9.17) is 10.5 Å². The number of amides is 1. The molecule has 0 aliphatic carbocycles. The van der Waals surface area contributed by atoms with Gasteiger partial charge >= 0.3 is 5.97 Å². The zero-order chi connectivity index (χ0) is 17.7. The molecule has 0 aromatic heterocycles. The van der Waals surface area contributed by atoms with E-state index < -0.39 is 11.4 Å². The molecule has 0 aliphatic rings. The number of hydrogen-bond donors (Lipinski definition) is 2. The molecule has 24 heavy (non-hydrogen) atoms. The number of ether oxygens (including phenoxy) is 1. The number of rotatable bonds is 7. The first kappa shape index (κ1) is 17.5. The van der Waals surface area contributed by atoms with Crippen molar-refractivity contribution in [2.24, 2.45) is 5.73 Å². The molecule has 0 saturated heterocycles. The molecule has 1 amide bonds. The van der Waals surface area contributed by atoms with Crippen molar-refractivity contribution in [3.05, 3.63) is 65.2 Å². The minimum atomic E-state index is -0.921. The summed E-state index contributed by atoms with van der Waals surface area (Å²) in [7, 11) is 0. The maximum absolute atomic E-state index is 11.3. The molecule has 0 saturated carbocycles. The van der Waals surface area contributed by atoms with Gasteiger partial charge in [0.1, 0.15) is 12.4 Å². The minimum Gasteiger partial charge on any atom is -0.489 e. The van der Waals surface area contributed by atoms with E-state index in [1.165, 1.54) is 0 Å². The second kappa shape index (κ2) is 7.17. The fraction of sp³-hybridized carbons (Fsp3) is 0.263. The number of carbonyl (C=O) groups is 2. The van der Waals surface area contributed by atoms with Gasteiger partial charge in [0, 0.05) is 0 Å². The van der Waals surface area contributed by atoms with Crippen molar-refractivity contribution in [1.29, 1.82) is 0 Å². The first-order valence-corrected chi connectivity index (χ1v) is 7.62. The zero-order valence-corrected chi connectivity index (χ0v) is 13.8. The topological polar surface area (TPSA) is 89.6 Å². The van der Waals surface area contributed by atoms with Crippen molar-refractivity contribution in [3.63, 3.8) is 0 Å². The molecule has 0 unspecified atom stereocenters. The number of aliphatic carboxylic acids is 1. The van der Waals surface area contributed by atoms with Crippen LogP contribution in [0.4, 0.5) is 0 Å². The van der Waals surface area contributed by atoms with Crippen molar-refractivity contribution in [2.75, 3.05) is 0 Å². The molecule has 5 heteroatoms. The molecule has 0 aliphatic heterocycles. The molecular weight excluding hydrogens is 306 g/mol. The van der Waals surface area contributed by atoms with Crippen LogP contribution in [0.25, 0.3) is 0 Å². The Morgan fingerprint density at radius 2 is 1.54 bits per heavy atom. The van der Waals surface area contributed by atoms with Gasteiger partial charge in [0.2, 0.25) is 5.91 Å². The fourth-order valence-corrected chi connectivity index (χ4v) is 2.21. The smallest absolute Gasteiger partial charge is 0.313 e. The highest BCUT2D eigenvalue weighted by atomic mass is 16.5. The van der Waals surface area contributed by atoms with Crippen LogP contribution in [0, 0.1) is 0 Å². The van der Waals surface area contributed by atoms with E-state index in [0.29, 0.717) is 12.4 Å². The van der Waals surface area contributed by atoms with Crippen molar-refractivity contribution in [3.8, 4) is 5.75 Å². The summed E-state index contributed by atoms with van der Waals surface area (Å²) < 4.78 is 5.69. The fourth-order valence-electron chi connectivity index (χ4n) is 2.21. The molecule has 0 bridgehead atoms. The molecule has 126 valence electrons. The van der Waals surface area contributed by atoms with Gasteiger partial charge in [0.15, 0.2) is 0 Å². The Hall–Kier alpha value is -2.82. The summed E-state index contributed by atoms with van der Waals surface area (Å²) in [5, 5.41) is 9.24. The van der Waals surface area contributed by atoms with E-state index >= 15 is 0 Å². The second-order valence-electron chi connectivity index (χ2n) is 6.20. The average Bonchev–Trinajstić information content (AvgIpc) is 2.54. The molecule has 0 atom stereocenters. The third kappa shape index (κ3) is 4.35. The Morgan fingerprint density at radius 1 is 1.00 bits per heavy atom. The summed E-state index contributed by atoms with van der Waals surface area (Å²) in [6, 6.07) is 14.5. The van der Waals surface area contributed by atoms with Gasteiger partial charge < -0.3 is 15.6 Å². The van der Waals surface area contributed by atoms with Gasteiger partial charge in [0.05, 0.1) is 11.8 Å². The quantitative estimate of drug-likeness (QED) is 0.818. The number of benzene rings is 2. The van der Waals surface area contributed by atoms with Gasteiger partial charge in [-0.05, 0) is 42.7 Å². The Bertz CT molecular complexity index is 718. The highest BCUT2D eigenvalue weighted by Crippen LogP contribution is 2.24. The largest absolute Gasteiger partial charge is 0.489 e. The molecule has 0 radical (unpaired) electrons. The van der Waals surface area contributed by atoms with E-state index in [1.54, 1.807) is 38.1 Å². The number of carboxylic acids is 1. The lowest BCUT2D eigenvalue weighted by molar-refractivity contribution is -0.142. The van der Waals surface area contributed by atoms with E-state index in [0.717, 1.165) is 16.7 Å². The predicted molar refractivity (Wildman–Crippen MR) is 90.8 cm³/mol. The summed E-state index contributed by atoms with van der Waals surface area (Å²) >= 11 is 0. The van der Waals surface area contributed by atoms with Crippen LogP contribution in [-0.2, 0) is 28.0 Å². The van der Waals surface area contributed by atoms with Gasteiger partial charge in [-0.1, -0.05) is 36.4 Å². The van der Waals surface area contributed by atoms with Gasteiger partial charge in [0.25, 0.3) is 0 Å². The maximum Gasteiger partial charge on any atom is 0.313 e. The molecule has 0 fully saturated rings. The van der Waals surface area contributed by atoms with Gasteiger partial charge in [-0.3, -0.25) is 9.59 Å². The number of carboxylic acid groups (broad SMARTS) is 1. The molecule has 3 N–H and O–H groups in total. The van der Waals surface area contributed by atoms with Crippen LogP contribution in [-0.4, -0.2) is 17.0 Å². The Morgan fingerprint density at radius 3 is 2.04 bits per heavy atom. The van der Waals surface area contributed by atoms with Crippen molar-refractivity contribution < 1.29 is 19.4 Å². The lowest BCUT2D eigenvalue weighted by Gasteiger charge is -2.19. The molecule has 2 aromatic carbocycles. The molecule has 5 nitrogen and oxygen atoms in total. The summed E-state index contributed by atoms with van der Waals surface area (Å²) in [5.41, 5.74) is 6.76. The minimum absolute atomic E-state index is 0.209. The highest BCUT2D eigenvalue weighted by molar-refractivity contribution is 5.80. The third-order valence-electron chi connectivity index (χ3n) is 3.92. The molecule has 2 aromatic rings. The van der Waals surface area contributed by atoms with Gasteiger partial charge in [-0.2, -0.15) is 0 Å². The molecule has 2 rings (SSSR count). The maximum atomic E-state index is 11.3. The molecule has 0 spiro atoms. The van der Waals surface area contributed by atoms with Crippen molar-refractivity contribution in [1.82, 2.24) is 0 Å². The van der Waals surface area contributed by atoms with E-state index in [9.17, 15) is 14.7 Å². The molecular formula is C19H21NO4. The first-order valence-electron chi connectivity index (χ1n) is 7.62. The van der Waals surface area contributed by atoms with Gasteiger partial charge in [-0.15, -0.1) is 0 Å². The van der Waals surface area contributed by atoms with Crippen LogP contribution in [0.3, 0.4) is 0 Å². The zero-order valence-electron chi connectivity index (χ0n) is 13.8. The van der Waals surface area contributed by atoms with E-state index in [1.807, 2.05) is 24.3 Å². The standard InChI is InChI=1S/C19H21NO4/c1-19(2,18(22)23)15-7-3-14(4-8-15)12-24-16-9-5-13(6-10-16)11-17(20)21/h3-10H,11-12H2,1-2H3,(H2,20,21)(H,22,23). The van der Waals surface area contributed by atoms with Gasteiger partial charge in [-0.25, -0.2) is 0 Å². The highest BCUT2D eigenvalue weighted by Gasteiger charge is 2.29. The third-order valence-corrected chi connectivity index (χ3v) is 3.92. The number of nitrogens with two attached hydrogens (primary N) is 1. The number of hydrogen-bond acceptors (Lipinski definition) is 3. The SMILES string of the molecule is CC(C)(C(=O)O)c1ccc(COc2ccc(CC(N)=O)cc2)cc1. The van der Waals surface area contributed by atoms with E-state index in [2.05, 4.69) is 0 Å². The lowest BCUT2D eigenvalue weighted by Crippen LogP contribution is -2.28. The normalized spacial score (nSPS) is 11.1. The Labute approximate surface area is 141 Å². The first-order chi connectivity index (χ1) is 11.3. The summed E-state index contributed by atoms with van der Waals surface area (Å²) in [4.78, 5) is 22.1. The second-order valence-corrected chi connectivity index (χ2v) is 6.20. The number of primary amides is 1. The lowest BCUT2D eigenvalue weighted by atomic mass is 9.84. The predicted octanol–water partition coefficient (Wildman–Crippen LogP) is 2.66. The summed E-state index contributed by atoms with van der Waals surface area (Å²) in [6.45, 7) is 3.73. The average molecular weight is 327 g/mol. The molecule has 0 heterocycles. The summed E-state index contributed by atoms with van der Waals surface area (Å²) in [5.74, 6) is -0.534. The Balaban J connectivity index is 1.97. The van der Waals surface area contributed by atoms with Crippen molar-refractivity contribution >= 4 is 11.9 Å². The van der Waals surface area contributed by atoms with Crippen LogP contribution in [0.15, 0.2) is 48.5 Å².